The average Bonchev–Trinajstić information content (AvgIpc) is 3.58. The lowest BCUT2D eigenvalue weighted by Crippen LogP contribution is -2.36. The van der Waals surface area contributed by atoms with E-state index in [-0.39, 0.29) is 12.2 Å². The predicted molar refractivity (Wildman–Crippen MR) is 133 cm³/mol. The van der Waals surface area contributed by atoms with Crippen molar-refractivity contribution in [2.24, 2.45) is 0 Å². The van der Waals surface area contributed by atoms with Gasteiger partial charge in [0.1, 0.15) is 23.1 Å². The lowest BCUT2D eigenvalue weighted by atomic mass is 9.94. The molecule has 1 fully saturated rings. The molecule has 4 aromatic rings. The average molecular weight is 478 g/mol. The maximum Gasteiger partial charge on any atom is 0.407 e. The number of aromatic amines is 1. The SMILES string of the molecule is O=C(NCCN1CCCC1)OC1CCc2c(sc3ncnc(Nc4ccc5[nH]ncc5c4)c23)C1. The summed E-state index contributed by atoms with van der Waals surface area (Å²) in [4.78, 5) is 25.9. The Morgan fingerprint density at radius 3 is 3.09 bits per heavy atom. The molecular weight excluding hydrogens is 450 g/mol. The van der Waals surface area contributed by atoms with Gasteiger partial charge in [0.15, 0.2) is 0 Å². The van der Waals surface area contributed by atoms with Gasteiger partial charge >= 0.3 is 6.09 Å². The minimum atomic E-state index is -0.314. The van der Waals surface area contributed by atoms with Gasteiger partial charge in [-0.3, -0.25) is 5.10 Å². The number of hydrogen-bond donors (Lipinski definition) is 3. The molecule has 1 aliphatic carbocycles. The number of alkyl carbamates (subject to hydrolysis) is 1. The molecule has 3 N–H and O–H groups in total. The molecule has 1 aliphatic heterocycles. The van der Waals surface area contributed by atoms with E-state index in [1.165, 1.54) is 23.3 Å². The number of aryl methyl sites for hydroxylation is 1. The van der Waals surface area contributed by atoms with Crippen LogP contribution in [0.2, 0.25) is 0 Å². The molecule has 1 atom stereocenters. The summed E-state index contributed by atoms with van der Waals surface area (Å²) in [5.41, 5.74) is 3.22. The zero-order chi connectivity index (χ0) is 22.9. The van der Waals surface area contributed by atoms with E-state index >= 15 is 0 Å². The van der Waals surface area contributed by atoms with Crippen molar-refractivity contribution < 1.29 is 9.53 Å². The van der Waals surface area contributed by atoms with Gasteiger partial charge in [-0.05, 0) is 62.5 Å². The second kappa shape index (κ2) is 9.19. The molecule has 1 saturated heterocycles. The van der Waals surface area contributed by atoms with Crippen LogP contribution in [0.15, 0.2) is 30.7 Å². The zero-order valence-electron chi connectivity index (χ0n) is 18.8. The summed E-state index contributed by atoms with van der Waals surface area (Å²) in [6.07, 6.45) is 7.85. The number of carbonyl (C=O) groups is 1. The van der Waals surface area contributed by atoms with Gasteiger partial charge in [-0.15, -0.1) is 11.3 Å². The number of fused-ring (bicyclic) bond motifs is 4. The van der Waals surface area contributed by atoms with Crippen LogP contribution >= 0.6 is 11.3 Å². The first-order valence-electron chi connectivity index (χ1n) is 11.9. The van der Waals surface area contributed by atoms with Crippen LogP contribution in [0.5, 0.6) is 0 Å². The fourth-order valence-electron chi connectivity index (χ4n) is 4.95. The number of ether oxygens (including phenoxy) is 1. The molecule has 0 spiro atoms. The van der Waals surface area contributed by atoms with Gasteiger partial charge in [0.2, 0.25) is 0 Å². The molecule has 0 bridgehead atoms. The van der Waals surface area contributed by atoms with Gasteiger partial charge in [0, 0.05) is 35.5 Å². The van der Waals surface area contributed by atoms with Gasteiger partial charge in [-0.2, -0.15) is 5.10 Å². The number of likely N-dealkylation sites (tertiary alicyclic amines) is 1. The summed E-state index contributed by atoms with van der Waals surface area (Å²) >= 11 is 1.67. The summed E-state index contributed by atoms with van der Waals surface area (Å²) in [5, 5.41) is 15.6. The number of carbonyl (C=O) groups excluding carboxylic acids is 1. The smallest absolute Gasteiger partial charge is 0.407 e. The molecule has 34 heavy (non-hydrogen) atoms. The Kier molecular flexibility index (Phi) is 5.76. The molecule has 2 aliphatic rings. The quantitative estimate of drug-likeness (QED) is 0.385. The van der Waals surface area contributed by atoms with Crippen molar-refractivity contribution in [2.45, 2.75) is 38.2 Å². The predicted octanol–water partition coefficient (Wildman–Crippen LogP) is 3.99. The Morgan fingerprint density at radius 2 is 2.18 bits per heavy atom. The van der Waals surface area contributed by atoms with E-state index in [1.54, 1.807) is 17.7 Å². The number of H-pyrrole nitrogens is 1. The van der Waals surface area contributed by atoms with Crippen molar-refractivity contribution in [3.63, 3.8) is 0 Å². The fraction of sp³-hybridized carbons (Fsp3) is 0.417. The molecule has 4 heterocycles. The van der Waals surface area contributed by atoms with Crippen LogP contribution in [0.1, 0.15) is 29.7 Å². The van der Waals surface area contributed by atoms with Crippen LogP contribution in [-0.2, 0) is 17.6 Å². The largest absolute Gasteiger partial charge is 0.446 e. The lowest BCUT2D eigenvalue weighted by Gasteiger charge is -2.23. The van der Waals surface area contributed by atoms with Crippen LogP contribution in [0.25, 0.3) is 21.1 Å². The third-order valence-electron chi connectivity index (χ3n) is 6.67. The highest BCUT2D eigenvalue weighted by Crippen LogP contribution is 2.39. The van der Waals surface area contributed by atoms with Crippen LogP contribution in [0.3, 0.4) is 0 Å². The molecule has 0 radical (unpaired) electrons. The molecule has 9 nitrogen and oxygen atoms in total. The third kappa shape index (κ3) is 4.30. The van der Waals surface area contributed by atoms with Crippen LogP contribution in [0, 0.1) is 0 Å². The second-order valence-corrected chi connectivity index (χ2v) is 10.0. The van der Waals surface area contributed by atoms with Crippen LogP contribution < -0.4 is 10.6 Å². The summed E-state index contributed by atoms with van der Waals surface area (Å²) in [6.45, 7) is 3.79. The minimum Gasteiger partial charge on any atom is -0.446 e. The summed E-state index contributed by atoms with van der Waals surface area (Å²) < 4.78 is 5.75. The van der Waals surface area contributed by atoms with Gasteiger partial charge in [0.25, 0.3) is 0 Å². The number of thiophene rings is 1. The first-order chi connectivity index (χ1) is 16.7. The Balaban J connectivity index is 1.13. The van der Waals surface area contributed by atoms with E-state index < -0.39 is 0 Å². The Labute approximate surface area is 200 Å². The van der Waals surface area contributed by atoms with Crippen molar-refractivity contribution in [2.75, 3.05) is 31.5 Å². The number of rotatable bonds is 6. The van der Waals surface area contributed by atoms with E-state index in [2.05, 4.69) is 41.8 Å². The number of amides is 1. The fourth-order valence-corrected chi connectivity index (χ4v) is 6.20. The highest BCUT2D eigenvalue weighted by atomic mass is 32.1. The normalized spacial score (nSPS) is 18.3. The molecular formula is C24H27N7O2S. The monoisotopic (exact) mass is 477 g/mol. The van der Waals surface area contributed by atoms with E-state index in [9.17, 15) is 4.79 Å². The Hall–Kier alpha value is -3.24. The number of nitrogens with zero attached hydrogens (tertiary/aromatic N) is 4. The van der Waals surface area contributed by atoms with Gasteiger partial charge in [0.05, 0.1) is 17.1 Å². The molecule has 1 unspecified atom stereocenters. The highest BCUT2D eigenvalue weighted by molar-refractivity contribution is 7.19. The standard InChI is InChI=1S/C24H27N7O2S/c32-24(25-7-10-31-8-1-2-9-31)33-17-4-5-18-20(12-17)34-23-21(18)22(26-14-27-23)29-16-3-6-19-15(11-16)13-28-30-19/h3,6,11,13-14,17H,1-2,4-5,7-10,12H2,(H,25,32)(H,28,30)(H,26,27,29). The zero-order valence-corrected chi connectivity index (χ0v) is 19.7. The third-order valence-corrected chi connectivity index (χ3v) is 7.84. The molecule has 0 saturated carbocycles. The number of hydrogen-bond acceptors (Lipinski definition) is 8. The molecule has 1 amide bonds. The maximum atomic E-state index is 12.3. The minimum absolute atomic E-state index is 0.111. The van der Waals surface area contributed by atoms with Crippen molar-refractivity contribution in [3.8, 4) is 0 Å². The Morgan fingerprint density at radius 1 is 1.26 bits per heavy atom. The highest BCUT2D eigenvalue weighted by Gasteiger charge is 2.27. The van der Waals surface area contributed by atoms with E-state index in [1.807, 2.05) is 18.3 Å². The van der Waals surface area contributed by atoms with Gasteiger partial charge in [-0.25, -0.2) is 14.8 Å². The van der Waals surface area contributed by atoms with Gasteiger partial charge < -0.3 is 20.3 Å². The first-order valence-corrected chi connectivity index (χ1v) is 12.7. The van der Waals surface area contributed by atoms with E-state index in [0.717, 1.165) is 71.5 Å². The topological polar surface area (TPSA) is 108 Å². The number of nitrogens with one attached hydrogen (secondary N) is 3. The Bertz CT molecular complexity index is 1330. The molecule has 6 rings (SSSR count). The number of benzene rings is 1. The second-order valence-electron chi connectivity index (χ2n) is 8.95. The van der Waals surface area contributed by atoms with Gasteiger partial charge in [-0.1, -0.05) is 0 Å². The van der Waals surface area contributed by atoms with E-state index in [4.69, 9.17) is 4.74 Å². The molecule has 176 valence electrons. The molecule has 3 aromatic heterocycles. The molecule has 1 aromatic carbocycles. The van der Waals surface area contributed by atoms with Crippen molar-refractivity contribution in [1.82, 2.24) is 30.4 Å². The number of anilines is 2. The summed E-state index contributed by atoms with van der Waals surface area (Å²) in [7, 11) is 0. The van der Waals surface area contributed by atoms with Crippen LogP contribution in [0.4, 0.5) is 16.3 Å². The van der Waals surface area contributed by atoms with Crippen LogP contribution in [-0.4, -0.2) is 63.4 Å². The first kappa shape index (κ1) is 21.3. The lowest BCUT2D eigenvalue weighted by molar-refractivity contribution is 0.0897. The summed E-state index contributed by atoms with van der Waals surface area (Å²) in [6, 6.07) is 6.07. The summed E-state index contributed by atoms with van der Waals surface area (Å²) in [5.74, 6) is 0.810. The van der Waals surface area contributed by atoms with E-state index in [0.29, 0.717) is 6.54 Å². The van der Waals surface area contributed by atoms with Crippen molar-refractivity contribution in [3.05, 3.63) is 41.2 Å². The van der Waals surface area contributed by atoms with Crippen molar-refractivity contribution >= 4 is 50.1 Å². The maximum absolute atomic E-state index is 12.3. The van der Waals surface area contributed by atoms with Crippen molar-refractivity contribution in [1.29, 1.82) is 0 Å². The number of aromatic nitrogens is 4. The molecule has 10 heteroatoms.